The van der Waals surface area contributed by atoms with Gasteiger partial charge >= 0.3 is 0 Å². The van der Waals surface area contributed by atoms with Gasteiger partial charge in [0.1, 0.15) is 0 Å². The monoisotopic (exact) mass is 274 g/mol. The fourth-order valence-corrected chi connectivity index (χ4v) is 2.97. The molecule has 2 unspecified atom stereocenters. The Balaban J connectivity index is 2.03. The number of nitrogens with zero attached hydrogens (tertiary/aromatic N) is 1. The molecule has 20 heavy (non-hydrogen) atoms. The van der Waals surface area contributed by atoms with Crippen LogP contribution in [0.4, 0.5) is 0 Å². The van der Waals surface area contributed by atoms with Crippen molar-refractivity contribution >= 4 is 5.91 Å². The average molecular weight is 274 g/mol. The smallest absolute Gasteiger partial charge is 0.222 e. The first-order chi connectivity index (χ1) is 9.63. The highest BCUT2D eigenvalue weighted by Crippen LogP contribution is 2.33. The van der Waals surface area contributed by atoms with Crippen LogP contribution in [0.3, 0.4) is 0 Å². The van der Waals surface area contributed by atoms with Gasteiger partial charge in [0, 0.05) is 13.5 Å². The van der Waals surface area contributed by atoms with E-state index in [1.807, 2.05) is 11.9 Å². The van der Waals surface area contributed by atoms with E-state index in [2.05, 4.69) is 31.2 Å². The minimum atomic E-state index is 0.243. The van der Waals surface area contributed by atoms with Gasteiger partial charge in [-0.1, -0.05) is 31.2 Å². The van der Waals surface area contributed by atoms with Crippen LogP contribution in [0.15, 0.2) is 24.3 Å². The minimum Gasteiger partial charge on any atom is -0.339 e. The topological polar surface area (TPSA) is 46.3 Å². The molecule has 2 N–H and O–H groups in total. The summed E-state index contributed by atoms with van der Waals surface area (Å²) in [6.45, 7) is 2.76. The number of fused-ring (bicyclic) bond motifs is 1. The van der Waals surface area contributed by atoms with Crippen molar-refractivity contribution in [3.8, 4) is 0 Å². The molecule has 0 fully saturated rings. The third-order valence-electron chi connectivity index (χ3n) is 4.45. The number of carbonyl (C=O) groups is 1. The molecule has 0 radical (unpaired) electrons. The Morgan fingerprint density at radius 2 is 2.20 bits per heavy atom. The van der Waals surface area contributed by atoms with Crippen LogP contribution in [0.1, 0.15) is 49.8 Å². The van der Waals surface area contributed by atoms with Crippen LogP contribution < -0.4 is 5.73 Å². The first-order valence-corrected chi connectivity index (χ1v) is 7.67. The maximum absolute atomic E-state index is 12.4. The molecule has 2 rings (SSSR count). The van der Waals surface area contributed by atoms with Crippen molar-refractivity contribution < 1.29 is 4.79 Å². The van der Waals surface area contributed by atoms with Gasteiger partial charge in [0.15, 0.2) is 0 Å². The number of benzene rings is 1. The molecule has 1 aromatic carbocycles. The fourth-order valence-electron chi connectivity index (χ4n) is 2.97. The van der Waals surface area contributed by atoms with Crippen molar-refractivity contribution in [2.24, 2.45) is 11.7 Å². The molecule has 110 valence electrons. The van der Waals surface area contributed by atoms with Crippen LogP contribution in [0.5, 0.6) is 0 Å². The SMILES string of the molecule is CC(CN)CCC(=O)N(C)C1CCCc2ccccc21. The molecule has 1 amide bonds. The summed E-state index contributed by atoms with van der Waals surface area (Å²) in [4.78, 5) is 14.3. The molecule has 0 bridgehead atoms. The quantitative estimate of drug-likeness (QED) is 0.897. The number of hydrogen-bond acceptors (Lipinski definition) is 2. The van der Waals surface area contributed by atoms with Crippen molar-refractivity contribution in [2.75, 3.05) is 13.6 Å². The zero-order valence-electron chi connectivity index (χ0n) is 12.6. The zero-order chi connectivity index (χ0) is 14.5. The van der Waals surface area contributed by atoms with Crippen molar-refractivity contribution in [1.82, 2.24) is 4.90 Å². The molecule has 0 aliphatic heterocycles. The highest BCUT2D eigenvalue weighted by Gasteiger charge is 2.26. The Kier molecular flexibility index (Phi) is 5.18. The molecule has 0 saturated carbocycles. The summed E-state index contributed by atoms with van der Waals surface area (Å²) in [7, 11) is 1.95. The summed E-state index contributed by atoms with van der Waals surface area (Å²) in [6.07, 6.45) is 4.87. The van der Waals surface area contributed by atoms with Gasteiger partial charge in [0.05, 0.1) is 6.04 Å². The molecule has 0 aromatic heterocycles. The average Bonchev–Trinajstić information content (AvgIpc) is 2.50. The number of nitrogens with two attached hydrogens (primary N) is 1. The predicted octanol–water partition coefficient (Wildman–Crippen LogP) is 2.90. The van der Waals surface area contributed by atoms with Gasteiger partial charge in [-0.25, -0.2) is 0 Å². The van der Waals surface area contributed by atoms with Crippen molar-refractivity contribution in [3.05, 3.63) is 35.4 Å². The largest absolute Gasteiger partial charge is 0.339 e. The van der Waals surface area contributed by atoms with Gasteiger partial charge in [-0.2, -0.15) is 0 Å². The van der Waals surface area contributed by atoms with Gasteiger partial charge in [0.25, 0.3) is 0 Å². The molecule has 0 spiro atoms. The van der Waals surface area contributed by atoms with E-state index in [0.29, 0.717) is 18.9 Å². The Bertz CT molecular complexity index is 458. The maximum atomic E-state index is 12.4. The summed E-state index contributed by atoms with van der Waals surface area (Å²) >= 11 is 0. The van der Waals surface area contributed by atoms with E-state index < -0.39 is 0 Å². The fraction of sp³-hybridized carbons (Fsp3) is 0.588. The van der Waals surface area contributed by atoms with E-state index in [1.165, 1.54) is 17.5 Å². The summed E-state index contributed by atoms with van der Waals surface area (Å²) < 4.78 is 0. The van der Waals surface area contributed by atoms with E-state index in [-0.39, 0.29) is 11.9 Å². The molecule has 1 aliphatic rings. The van der Waals surface area contributed by atoms with Crippen molar-refractivity contribution in [3.63, 3.8) is 0 Å². The molecular formula is C17H26N2O. The second-order valence-corrected chi connectivity index (χ2v) is 5.99. The lowest BCUT2D eigenvalue weighted by molar-refractivity contribution is -0.132. The summed E-state index contributed by atoms with van der Waals surface area (Å²) in [6, 6.07) is 8.78. The lowest BCUT2D eigenvalue weighted by atomic mass is 9.87. The number of carbonyl (C=O) groups excluding carboxylic acids is 1. The Morgan fingerprint density at radius 3 is 2.95 bits per heavy atom. The number of amides is 1. The van der Waals surface area contributed by atoms with Crippen LogP contribution in [-0.2, 0) is 11.2 Å². The standard InChI is InChI=1S/C17H26N2O/c1-13(12-18)10-11-17(20)19(2)16-9-5-7-14-6-3-4-8-15(14)16/h3-4,6,8,13,16H,5,7,9-12,18H2,1-2H3. The van der Waals surface area contributed by atoms with E-state index in [9.17, 15) is 4.79 Å². The highest BCUT2D eigenvalue weighted by molar-refractivity contribution is 5.76. The zero-order valence-corrected chi connectivity index (χ0v) is 12.6. The Morgan fingerprint density at radius 1 is 1.45 bits per heavy atom. The first-order valence-electron chi connectivity index (χ1n) is 7.67. The predicted molar refractivity (Wildman–Crippen MR) is 82.3 cm³/mol. The lowest BCUT2D eigenvalue weighted by Crippen LogP contribution is -2.33. The Hall–Kier alpha value is -1.35. The van der Waals surface area contributed by atoms with Crippen LogP contribution in [0.2, 0.25) is 0 Å². The third kappa shape index (κ3) is 3.40. The van der Waals surface area contributed by atoms with Gasteiger partial charge in [0.2, 0.25) is 5.91 Å². The van der Waals surface area contributed by atoms with E-state index in [4.69, 9.17) is 5.73 Å². The van der Waals surface area contributed by atoms with Gasteiger partial charge in [-0.3, -0.25) is 4.79 Å². The molecule has 3 nitrogen and oxygen atoms in total. The molecule has 2 atom stereocenters. The van der Waals surface area contributed by atoms with E-state index >= 15 is 0 Å². The maximum Gasteiger partial charge on any atom is 0.222 e. The van der Waals surface area contributed by atoms with E-state index in [1.54, 1.807) is 0 Å². The number of rotatable bonds is 5. The van der Waals surface area contributed by atoms with Crippen LogP contribution in [0.25, 0.3) is 0 Å². The normalized spacial score (nSPS) is 19.2. The molecule has 1 aliphatic carbocycles. The van der Waals surface area contributed by atoms with Crippen molar-refractivity contribution in [2.45, 2.75) is 45.1 Å². The summed E-state index contributed by atoms with van der Waals surface area (Å²) in [5.74, 6) is 0.665. The second kappa shape index (κ2) is 6.89. The van der Waals surface area contributed by atoms with E-state index in [0.717, 1.165) is 19.3 Å². The molecule has 0 heterocycles. The first kappa shape index (κ1) is 15.0. The van der Waals surface area contributed by atoms with Gasteiger partial charge < -0.3 is 10.6 Å². The summed E-state index contributed by atoms with van der Waals surface area (Å²) in [5.41, 5.74) is 8.35. The minimum absolute atomic E-state index is 0.243. The summed E-state index contributed by atoms with van der Waals surface area (Å²) in [5, 5.41) is 0. The number of aryl methyl sites for hydroxylation is 1. The third-order valence-corrected chi connectivity index (χ3v) is 4.45. The molecule has 0 saturated heterocycles. The molecule has 3 heteroatoms. The van der Waals surface area contributed by atoms with Gasteiger partial charge in [-0.15, -0.1) is 0 Å². The molecule has 1 aromatic rings. The van der Waals surface area contributed by atoms with Crippen molar-refractivity contribution in [1.29, 1.82) is 0 Å². The van der Waals surface area contributed by atoms with Gasteiger partial charge in [-0.05, 0) is 49.3 Å². The lowest BCUT2D eigenvalue weighted by Gasteiger charge is -2.33. The van der Waals surface area contributed by atoms with Crippen LogP contribution in [-0.4, -0.2) is 24.4 Å². The van der Waals surface area contributed by atoms with Crippen LogP contribution >= 0.6 is 0 Å². The molecular weight excluding hydrogens is 248 g/mol. The Labute approximate surface area is 122 Å². The second-order valence-electron chi connectivity index (χ2n) is 5.99. The number of hydrogen-bond donors (Lipinski definition) is 1. The van der Waals surface area contributed by atoms with Crippen LogP contribution in [0, 0.1) is 5.92 Å². The highest BCUT2D eigenvalue weighted by atomic mass is 16.2.